The molecule has 0 aliphatic rings. The molecule has 0 saturated carbocycles. The van der Waals surface area contributed by atoms with Gasteiger partial charge in [-0.3, -0.25) is 4.79 Å². The Hall–Kier alpha value is -2.49. The van der Waals surface area contributed by atoms with Crippen molar-refractivity contribution in [2.24, 2.45) is 0 Å². The minimum atomic E-state index is -0.657. The lowest BCUT2D eigenvalue weighted by atomic mass is 10.2. The summed E-state index contributed by atoms with van der Waals surface area (Å²) in [5.74, 6) is 0.395. The van der Waals surface area contributed by atoms with Crippen LogP contribution in [0.15, 0.2) is 48.5 Å². The van der Waals surface area contributed by atoms with Crippen LogP contribution in [0.1, 0.15) is 12.5 Å². The summed E-state index contributed by atoms with van der Waals surface area (Å²) in [4.78, 5) is 12.0. The van der Waals surface area contributed by atoms with Crippen molar-refractivity contribution in [2.45, 2.75) is 20.0 Å². The first-order valence-electron chi connectivity index (χ1n) is 6.39. The third kappa shape index (κ3) is 3.29. The summed E-state index contributed by atoms with van der Waals surface area (Å²) < 4.78 is 5.63. The Morgan fingerprint density at radius 3 is 2.50 bits per heavy atom. The zero-order chi connectivity index (χ0) is 14.5. The Bertz CT molecular complexity index is 610. The van der Waals surface area contributed by atoms with E-state index in [2.05, 4.69) is 5.32 Å². The quantitative estimate of drug-likeness (QED) is 0.840. The Labute approximate surface area is 118 Å². The van der Waals surface area contributed by atoms with Crippen LogP contribution in [0.3, 0.4) is 0 Å². The summed E-state index contributed by atoms with van der Waals surface area (Å²) in [5.41, 5.74) is 1.34. The Morgan fingerprint density at radius 1 is 1.15 bits per heavy atom. The van der Waals surface area contributed by atoms with E-state index in [1.165, 1.54) is 6.07 Å². The molecular formula is C16H17NO3. The molecule has 0 radical (unpaired) electrons. The zero-order valence-electron chi connectivity index (χ0n) is 11.5. The summed E-state index contributed by atoms with van der Waals surface area (Å²) >= 11 is 0. The van der Waals surface area contributed by atoms with Crippen LogP contribution < -0.4 is 10.1 Å². The van der Waals surface area contributed by atoms with Crippen LogP contribution in [-0.4, -0.2) is 17.1 Å². The number of aryl methyl sites for hydroxylation is 1. The number of nitrogens with one attached hydrogen (secondary N) is 1. The maximum Gasteiger partial charge on any atom is 0.265 e. The number of ether oxygens (including phenoxy) is 1. The number of rotatable bonds is 4. The summed E-state index contributed by atoms with van der Waals surface area (Å²) in [5, 5.41) is 12.3. The van der Waals surface area contributed by atoms with Gasteiger partial charge in [-0.1, -0.05) is 30.3 Å². The second-order valence-corrected chi connectivity index (χ2v) is 4.53. The number of anilines is 1. The highest BCUT2D eigenvalue weighted by atomic mass is 16.5. The fraction of sp³-hybridized carbons (Fsp3) is 0.188. The van der Waals surface area contributed by atoms with Crippen molar-refractivity contribution in [3.63, 3.8) is 0 Å². The van der Waals surface area contributed by atoms with Crippen molar-refractivity contribution in [3.05, 3.63) is 54.1 Å². The highest BCUT2D eigenvalue weighted by Gasteiger charge is 2.16. The molecule has 4 heteroatoms. The van der Waals surface area contributed by atoms with Gasteiger partial charge in [0.15, 0.2) is 6.10 Å². The Balaban J connectivity index is 2.03. The molecule has 0 unspecified atom stereocenters. The topological polar surface area (TPSA) is 58.6 Å². The largest absolute Gasteiger partial charge is 0.506 e. The number of carbonyl (C=O) groups is 1. The predicted molar refractivity (Wildman–Crippen MR) is 78.0 cm³/mol. The number of hydrogen-bond donors (Lipinski definition) is 2. The normalized spacial score (nSPS) is 11.7. The zero-order valence-corrected chi connectivity index (χ0v) is 11.5. The van der Waals surface area contributed by atoms with E-state index in [0.29, 0.717) is 11.4 Å². The van der Waals surface area contributed by atoms with Gasteiger partial charge < -0.3 is 15.2 Å². The van der Waals surface area contributed by atoms with E-state index in [1.807, 2.05) is 31.2 Å². The van der Waals surface area contributed by atoms with Gasteiger partial charge in [0, 0.05) is 0 Å². The molecule has 0 aliphatic carbocycles. The molecule has 0 aliphatic heterocycles. The van der Waals surface area contributed by atoms with Crippen molar-refractivity contribution in [2.75, 3.05) is 5.32 Å². The van der Waals surface area contributed by atoms with Crippen LogP contribution in [0.5, 0.6) is 11.5 Å². The van der Waals surface area contributed by atoms with E-state index >= 15 is 0 Å². The maximum absolute atomic E-state index is 12.0. The van der Waals surface area contributed by atoms with Crippen molar-refractivity contribution in [1.29, 1.82) is 0 Å². The minimum Gasteiger partial charge on any atom is -0.506 e. The molecule has 104 valence electrons. The molecule has 2 N–H and O–H groups in total. The first-order chi connectivity index (χ1) is 9.58. The average Bonchev–Trinajstić information content (AvgIpc) is 2.43. The Morgan fingerprint density at radius 2 is 1.80 bits per heavy atom. The number of phenolic OH excluding ortho intramolecular Hbond substituents is 1. The van der Waals surface area contributed by atoms with Gasteiger partial charge in [0.25, 0.3) is 5.91 Å². The molecule has 0 aromatic heterocycles. The van der Waals surface area contributed by atoms with Gasteiger partial charge in [0.2, 0.25) is 0 Å². The number of carbonyl (C=O) groups excluding carboxylic acids is 1. The van der Waals surface area contributed by atoms with Crippen LogP contribution in [0, 0.1) is 6.92 Å². The Kier molecular flexibility index (Phi) is 4.25. The first-order valence-corrected chi connectivity index (χ1v) is 6.39. The summed E-state index contributed by atoms with van der Waals surface area (Å²) in [6.07, 6.45) is -0.657. The fourth-order valence-corrected chi connectivity index (χ4v) is 1.75. The van der Waals surface area contributed by atoms with Gasteiger partial charge in [-0.25, -0.2) is 0 Å². The molecule has 1 amide bonds. The maximum atomic E-state index is 12.0. The first kappa shape index (κ1) is 13.9. The van der Waals surface area contributed by atoms with Crippen LogP contribution in [-0.2, 0) is 4.79 Å². The van der Waals surface area contributed by atoms with Crippen LogP contribution >= 0.6 is 0 Å². The van der Waals surface area contributed by atoms with Crippen molar-refractivity contribution in [3.8, 4) is 11.5 Å². The van der Waals surface area contributed by atoms with E-state index in [9.17, 15) is 9.90 Å². The molecule has 0 saturated heterocycles. The monoisotopic (exact) mass is 271 g/mol. The molecule has 2 rings (SSSR count). The minimum absolute atomic E-state index is 0.0314. The standard InChI is InChI=1S/C16H17NO3/c1-11-7-3-6-10-15(11)20-12(2)16(19)17-13-8-4-5-9-14(13)18/h3-10,12,18H,1-2H3,(H,17,19)/t12-/m0/s1. The predicted octanol–water partition coefficient (Wildman–Crippen LogP) is 3.11. The van der Waals surface area contributed by atoms with E-state index in [1.54, 1.807) is 25.1 Å². The second-order valence-electron chi connectivity index (χ2n) is 4.53. The smallest absolute Gasteiger partial charge is 0.265 e. The number of benzene rings is 2. The molecule has 2 aromatic carbocycles. The van der Waals surface area contributed by atoms with Gasteiger partial charge in [0.1, 0.15) is 11.5 Å². The van der Waals surface area contributed by atoms with E-state index in [-0.39, 0.29) is 11.7 Å². The number of para-hydroxylation sites is 3. The van der Waals surface area contributed by atoms with Crippen molar-refractivity contribution < 1.29 is 14.6 Å². The summed E-state index contributed by atoms with van der Waals surface area (Å²) in [6, 6.07) is 14.1. The molecule has 1 atom stereocenters. The van der Waals surface area contributed by atoms with Gasteiger partial charge in [0.05, 0.1) is 5.69 Å². The number of amides is 1. The summed E-state index contributed by atoms with van der Waals surface area (Å²) in [6.45, 7) is 3.59. The number of phenols is 1. The van der Waals surface area contributed by atoms with Crippen LogP contribution in [0.25, 0.3) is 0 Å². The molecule has 0 heterocycles. The van der Waals surface area contributed by atoms with Crippen LogP contribution in [0.2, 0.25) is 0 Å². The molecule has 4 nitrogen and oxygen atoms in total. The van der Waals surface area contributed by atoms with Gasteiger partial charge in [-0.2, -0.15) is 0 Å². The third-order valence-corrected chi connectivity index (χ3v) is 2.93. The van der Waals surface area contributed by atoms with Gasteiger partial charge >= 0.3 is 0 Å². The summed E-state index contributed by atoms with van der Waals surface area (Å²) in [7, 11) is 0. The van der Waals surface area contributed by atoms with Crippen molar-refractivity contribution in [1.82, 2.24) is 0 Å². The number of aromatic hydroxyl groups is 1. The highest BCUT2D eigenvalue weighted by Crippen LogP contribution is 2.22. The van der Waals surface area contributed by atoms with E-state index in [0.717, 1.165) is 5.56 Å². The van der Waals surface area contributed by atoms with Crippen molar-refractivity contribution >= 4 is 11.6 Å². The SMILES string of the molecule is Cc1ccccc1O[C@@H](C)C(=O)Nc1ccccc1O. The van der Waals surface area contributed by atoms with Gasteiger partial charge in [-0.15, -0.1) is 0 Å². The lowest BCUT2D eigenvalue weighted by Crippen LogP contribution is -2.30. The highest BCUT2D eigenvalue weighted by molar-refractivity contribution is 5.95. The lowest BCUT2D eigenvalue weighted by Gasteiger charge is -2.16. The third-order valence-electron chi connectivity index (χ3n) is 2.93. The number of hydrogen-bond acceptors (Lipinski definition) is 3. The fourth-order valence-electron chi connectivity index (χ4n) is 1.75. The lowest BCUT2D eigenvalue weighted by molar-refractivity contribution is -0.122. The molecule has 0 fully saturated rings. The molecule has 0 spiro atoms. The molecule has 2 aromatic rings. The average molecular weight is 271 g/mol. The molecule has 0 bridgehead atoms. The second kappa shape index (κ2) is 6.10. The van der Waals surface area contributed by atoms with E-state index < -0.39 is 6.10 Å². The molecular weight excluding hydrogens is 254 g/mol. The van der Waals surface area contributed by atoms with Gasteiger partial charge in [-0.05, 0) is 37.6 Å². The van der Waals surface area contributed by atoms with E-state index in [4.69, 9.17) is 4.74 Å². The van der Waals surface area contributed by atoms with Crippen LogP contribution in [0.4, 0.5) is 5.69 Å². The molecule has 20 heavy (non-hydrogen) atoms.